The second kappa shape index (κ2) is 10.2. The number of benzene rings is 2. The zero-order chi connectivity index (χ0) is 23.3. The van der Waals surface area contributed by atoms with Gasteiger partial charge in [0.15, 0.2) is 11.7 Å². The first-order valence-electron chi connectivity index (χ1n) is 11.0. The van der Waals surface area contributed by atoms with Crippen LogP contribution in [0, 0.1) is 0 Å². The first-order chi connectivity index (χ1) is 15.9. The van der Waals surface area contributed by atoms with Crippen molar-refractivity contribution in [3.63, 3.8) is 0 Å². The molecule has 0 spiro atoms. The highest BCUT2D eigenvalue weighted by Gasteiger charge is 2.30. The summed E-state index contributed by atoms with van der Waals surface area (Å²) in [4.78, 5) is 20.9. The van der Waals surface area contributed by atoms with Gasteiger partial charge in [0.2, 0.25) is 5.91 Å². The quantitative estimate of drug-likeness (QED) is 0.500. The summed E-state index contributed by atoms with van der Waals surface area (Å²) >= 11 is 0. The van der Waals surface area contributed by atoms with Crippen LogP contribution in [0.15, 0.2) is 65.2 Å². The average Bonchev–Trinajstić information content (AvgIpc) is 3.29. The molecule has 1 amide bonds. The molecule has 0 N–H and O–H groups in total. The van der Waals surface area contributed by atoms with Crippen molar-refractivity contribution in [3.8, 4) is 11.3 Å². The lowest BCUT2D eigenvalue weighted by Gasteiger charge is -2.34. The van der Waals surface area contributed by atoms with Gasteiger partial charge in [-0.05, 0) is 24.1 Å². The number of alkyl halides is 3. The maximum atomic E-state index is 12.7. The summed E-state index contributed by atoms with van der Waals surface area (Å²) in [5, 5.41) is 0. The molecule has 4 rings (SSSR count). The summed E-state index contributed by atoms with van der Waals surface area (Å²) in [6.07, 6.45) is -0.905. The third-order valence-corrected chi connectivity index (χ3v) is 5.81. The Morgan fingerprint density at radius 2 is 1.67 bits per heavy atom. The van der Waals surface area contributed by atoms with Crippen LogP contribution < -0.4 is 0 Å². The van der Waals surface area contributed by atoms with Crippen LogP contribution in [0.1, 0.15) is 29.9 Å². The van der Waals surface area contributed by atoms with Crippen LogP contribution in [-0.4, -0.2) is 46.9 Å². The van der Waals surface area contributed by atoms with Crippen molar-refractivity contribution in [1.29, 1.82) is 0 Å². The Bertz CT molecular complexity index is 1040. The first kappa shape index (κ1) is 23.0. The van der Waals surface area contributed by atoms with Crippen molar-refractivity contribution >= 4 is 5.91 Å². The molecule has 5 nitrogen and oxygen atoms in total. The Morgan fingerprint density at radius 3 is 2.33 bits per heavy atom. The number of amides is 1. The molecule has 1 saturated heterocycles. The Hall–Kier alpha value is -3.13. The van der Waals surface area contributed by atoms with Crippen molar-refractivity contribution in [2.24, 2.45) is 0 Å². The standard InChI is InChI=1S/C25H26F3N3O2/c26-25(27,28)21-11-9-19(10-12-21)18-30-13-15-31(16-14-30)24(32)8-4-7-23-29-17-22(33-23)20-5-2-1-3-6-20/h1-3,5-6,9-12,17H,4,7-8,13-16,18H2. The van der Waals surface area contributed by atoms with Crippen LogP contribution in [-0.2, 0) is 23.9 Å². The van der Waals surface area contributed by atoms with Gasteiger partial charge in [0.25, 0.3) is 0 Å². The predicted molar refractivity (Wildman–Crippen MR) is 118 cm³/mol. The third-order valence-electron chi connectivity index (χ3n) is 5.81. The molecule has 33 heavy (non-hydrogen) atoms. The lowest BCUT2D eigenvalue weighted by atomic mass is 10.1. The molecular formula is C25H26F3N3O2. The number of carbonyl (C=O) groups excluding carboxylic acids is 1. The molecule has 0 unspecified atom stereocenters. The summed E-state index contributed by atoms with van der Waals surface area (Å²) in [7, 11) is 0. The molecule has 0 saturated carbocycles. The van der Waals surface area contributed by atoms with E-state index in [0.717, 1.165) is 29.0 Å². The van der Waals surface area contributed by atoms with Crippen LogP contribution in [0.25, 0.3) is 11.3 Å². The SMILES string of the molecule is O=C(CCCc1ncc(-c2ccccc2)o1)N1CCN(Cc2ccc(C(F)(F)F)cc2)CC1. The predicted octanol–water partition coefficient (Wildman–Crippen LogP) is 5.03. The maximum Gasteiger partial charge on any atom is 0.416 e. The fourth-order valence-corrected chi connectivity index (χ4v) is 3.92. The van der Waals surface area contributed by atoms with E-state index in [4.69, 9.17) is 4.42 Å². The fraction of sp³-hybridized carbons (Fsp3) is 0.360. The lowest BCUT2D eigenvalue weighted by Crippen LogP contribution is -2.48. The van der Waals surface area contributed by atoms with E-state index < -0.39 is 11.7 Å². The van der Waals surface area contributed by atoms with Crippen LogP contribution in [0.3, 0.4) is 0 Å². The number of piperazine rings is 1. The van der Waals surface area contributed by atoms with E-state index in [0.29, 0.717) is 57.9 Å². The van der Waals surface area contributed by atoms with Gasteiger partial charge in [0.1, 0.15) is 0 Å². The molecule has 8 heteroatoms. The van der Waals surface area contributed by atoms with E-state index in [1.807, 2.05) is 35.2 Å². The number of carbonyl (C=O) groups is 1. The highest BCUT2D eigenvalue weighted by molar-refractivity contribution is 5.76. The zero-order valence-corrected chi connectivity index (χ0v) is 18.2. The van der Waals surface area contributed by atoms with E-state index in [1.54, 1.807) is 6.20 Å². The number of halogens is 3. The largest absolute Gasteiger partial charge is 0.441 e. The van der Waals surface area contributed by atoms with Crippen molar-refractivity contribution in [1.82, 2.24) is 14.8 Å². The Kier molecular flexibility index (Phi) is 7.13. The number of rotatable bonds is 7. The monoisotopic (exact) mass is 457 g/mol. The molecule has 0 aliphatic carbocycles. The molecule has 1 fully saturated rings. The molecule has 2 heterocycles. The number of nitrogens with zero attached hydrogens (tertiary/aromatic N) is 3. The van der Waals surface area contributed by atoms with Crippen molar-refractivity contribution in [3.05, 3.63) is 77.8 Å². The first-order valence-corrected chi connectivity index (χ1v) is 11.0. The molecule has 174 valence electrons. The van der Waals surface area contributed by atoms with E-state index in [2.05, 4.69) is 9.88 Å². The van der Waals surface area contributed by atoms with Gasteiger partial charge in [-0.15, -0.1) is 0 Å². The molecule has 0 atom stereocenters. The van der Waals surface area contributed by atoms with Crippen molar-refractivity contribution < 1.29 is 22.4 Å². The van der Waals surface area contributed by atoms with Crippen molar-refractivity contribution in [2.75, 3.05) is 26.2 Å². The molecule has 2 aromatic carbocycles. The van der Waals surface area contributed by atoms with Crippen molar-refractivity contribution in [2.45, 2.75) is 32.0 Å². The topological polar surface area (TPSA) is 49.6 Å². The summed E-state index contributed by atoms with van der Waals surface area (Å²) in [6, 6.07) is 15.0. The Morgan fingerprint density at radius 1 is 0.970 bits per heavy atom. The van der Waals surface area contributed by atoms with Gasteiger partial charge in [-0.2, -0.15) is 13.2 Å². The molecular weight excluding hydrogens is 431 g/mol. The van der Waals surface area contributed by atoms with E-state index >= 15 is 0 Å². The molecule has 1 aromatic heterocycles. The number of oxazole rings is 1. The molecule has 0 radical (unpaired) electrons. The van der Waals surface area contributed by atoms with E-state index in [-0.39, 0.29) is 5.91 Å². The smallest absolute Gasteiger partial charge is 0.416 e. The van der Waals surface area contributed by atoms with E-state index in [1.165, 1.54) is 12.1 Å². The van der Waals surface area contributed by atoms with Crippen LogP contribution in [0.2, 0.25) is 0 Å². The third kappa shape index (κ3) is 6.22. The van der Waals surface area contributed by atoms with Gasteiger partial charge in [-0.3, -0.25) is 9.69 Å². The summed E-state index contributed by atoms with van der Waals surface area (Å²) < 4.78 is 43.9. The summed E-state index contributed by atoms with van der Waals surface area (Å²) in [5.74, 6) is 1.46. The second-order valence-electron chi connectivity index (χ2n) is 8.19. The molecule has 0 bridgehead atoms. The fourth-order valence-electron chi connectivity index (χ4n) is 3.92. The number of hydrogen-bond acceptors (Lipinski definition) is 4. The minimum absolute atomic E-state index is 0.110. The van der Waals surface area contributed by atoms with Crippen LogP contribution >= 0.6 is 0 Å². The summed E-state index contributed by atoms with van der Waals surface area (Å²) in [6.45, 7) is 3.22. The minimum Gasteiger partial charge on any atom is -0.441 e. The Balaban J connectivity index is 1.18. The second-order valence-corrected chi connectivity index (χ2v) is 8.19. The molecule has 3 aromatic rings. The average molecular weight is 457 g/mol. The maximum absolute atomic E-state index is 12.7. The van der Waals surface area contributed by atoms with Crippen LogP contribution in [0.5, 0.6) is 0 Å². The Labute approximate surface area is 190 Å². The highest BCUT2D eigenvalue weighted by Crippen LogP contribution is 2.29. The number of hydrogen-bond donors (Lipinski definition) is 0. The van der Waals surface area contributed by atoms with E-state index in [9.17, 15) is 18.0 Å². The van der Waals surface area contributed by atoms with Gasteiger partial charge in [0.05, 0.1) is 11.8 Å². The molecule has 1 aliphatic rings. The van der Waals surface area contributed by atoms with Gasteiger partial charge >= 0.3 is 6.18 Å². The van der Waals surface area contributed by atoms with Gasteiger partial charge in [0, 0.05) is 51.1 Å². The van der Waals surface area contributed by atoms with Crippen LogP contribution in [0.4, 0.5) is 13.2 Å². The number of aryl methyl sites for hydroxylation is 1. The van der Waals surface area contributed by atoms with Gasteiger partial charge < -0.3 is 9.32 Å². The van der Waals surface area contributed by atoms with Gasteiger partial charge in [-0.25, -0.2) is 4.98 Å². The normalized spacial score (nSPS) is 15.1. The highest BCUT2D eigenvalue weighted by atomic mass is 19.4. The minimum atomic E-state index is -4.32. The summed E-state index contributed by atoms with van der Waals surface area (Å²) in [5.41, 5.74) is 1.17. The van der Waals surface area contributed by atoms with Gasteiger partial charge in [-0.1, -0.05) is 42.5 Å². The molecule has 1 aliphatic heterocycles. The zero-order valence-electron chi connectivity index (χ0n) is 18.2. The lowest BCUT2D eigenvalue weighted by molar-refractivity contribution is -0.137. The number of aromatic nitrogens is 1.